The summed E-state index contributed by atoms with van der Waals surface area (Å²) < 4.78 is 10.2. The van der Waals surface area contributed by atoms with Gasteiger partial charge < -0.3 is 14.4 Å². The topological polar surface area (TPSA) is 72.9 Å². The van der Waals surface area contributed by atoms with E-state index in [1.54, 1.807) is 36.4 Å². The number of carbonyl (C=O) groups is 3. The van der Waals surface area contributed by atoms with Gasteiger partial charge in [-0.05, 0) is 48.9 Å². The first-order valence-corrected chi connectivity index (χ1v) is 9.17. The quantitative estimate of drug-likeness (QED) is 0.547. The van der Waals surface area contributed by atoms with Crippen LogP contribution in [-0.2, 0) is 14.3 Å². The minimum atomic E-state index is -0.615. The Morgan fingerprint density at radius 2 is 1.89 bits per heavy atom. The van der Waals surface area contributed by atoms with E-state index in [9.17, 15) is 14.4 Å². The molecule has 7 heteroatoms. The molecular weight excluding hydrogens is 382 g/mol. The zero-order valence-corrected chi connectivity index (χ0v) is 16.4. The number of hydrogen-bond acceptors (Lipinski definition) is 5. The van der Waals surface area contributed by atoms with Gasteiger partial charge in [-0.3, -0.25) is 14.4 Å². The summed E-state index contributed by atoms with van der Waals surface area (Å²) in [6.45, 7) is 1.71. The van der Waals surface area contributed by atoms with Crippen LogP contribution in [0, 0.1) is 12.8 Å². The molecule has 0 bridgehead atoms. The lowest BCUT2D eigenvalue weighted by atomic mass is 10.1. The zero-order valence-electron chi connectivity index (χ0n) is 15.6. The number of rotatable bonds is 6. The van der Waals surface area contributed by atoms with Gasteiger partial charge in [-0.2, -0.15) is 0 Å². The number of halogens is 1. The van der Waals surface area contributed by atoms with Crippen molar-refractivity contribution in [2.45, 2.75) is 13.3 Å². The number of esters is 1. The zero-order chi connectivity index (χ0) is 20.3. The Bertz CT molecular complexity index is 910. The molecule has 1 heterocycles. The van der Waals surface area contributed by atoms with Crippen molar-refractivity contribution in [1.82, 2.24) is 0 Å². The fourth-order valence-electron chi connectivity index (χ4n) is 2.98. The largest absolute Gasteiger partial charge is 0.497 e. The van der Waals surface area contributed by atoms with Crippen LogP contribution in [0.25, 0.3) is 0 Å². The van der Waals surface area contributed by atoms with E-state index < -0.39 is 11.9 Å². The maximum absolute atomic E-state index is 12.3. The molecular formula is C21H20ClNO5. The molecule has 0 aromatic heterocycles. The summed E-state index contributed by atoms with van der Waals surface area (Å²) in [7, 11) is 1.54. The molecule has 0 radical (unpaired) electrons. The molecule has 0 N–H and O–H groups in total. The lowest BCUT2D eigenvalue weighted by Gasteiger charge is -2.17. The molecule has 1 atom stereocenters. The molecule has 1 aliphatic heterocycles. The third-order valence-electron chi connectivity index (χ3n) is 4.68. The lowest BCUT2D eigenvalue weighted by molar-refractivity contribution is -0.147. The maximum Gasteiger partial charge on any atom is 0.311 e. The fourth-order valence-corrected chi connectivity index (χ4v) is 3.15. The first-order chi connectivity index (χ1) is 13.4. The van der Waals surface area contributed by atoms with Crippen molar-refractivity contribution in [1.29, 1.82) is 0 Å². The van der Waals surface area contributed by atoms with Crippen molar-refractivity contribution in [3.05, 3.63) is 58.6 Å². The van der Waals surface area contributed by atoms with Crippen molar-refractivity contribution >= 4 is 34.9 Å². The first kappa shape index (κ1) is 19.9. The maximum atomic E-state index is 12.3. The Morgan fingerprint density at radius 1 is 1.18 bits per heavy atom. The molecule has 0 saturated carbocycles. The molecule has 3 rings (SSSR count). The fraction of sp³-hybridized carbons (Fsp3) is 0.286. The second-order valence-electron chi connectivity index (χ2n) is 6.60. The molecule has 28 heavy (non-hydrogen) atoms. The molecule has 1 aliphatic rings. The Morgan fingerprint density at radius 3 is 2.54 bits per heavy atom. The number of methoxy groups -OCH3 is 1. The van der Waals surface area contributed by atoms with Gasteiger partial charge in [-0.1, -0.05) is 17.7 Å². The number of ether oxygens (including phenoxy) is 2. The monoisotopic (exact) mass is 401 g/mol. The van der Waals surface area contributed by atoms with Gasteiger partial charge in [-0.15, -0.1) is 0 Å². The summed E-state index contributed by atoms with van der Waals surface area (Å²) in [6, 6.07) is 11.9. The predicted octanol–water partition coefficient (Wildman–Crippen LogP) is 3.44. The molecule has 2 aromatic carbocycles. The van der Waals surface area contributed by atoms with Crippen LogP contribution in [0.3, 0.4) is 0 Å². The second-order valence-corrected chi connectivity index (χ2v) is 7.01. The van der Waals surface area contributed by atoms with Gasteiger partial charge >= 0.3 is 5.97 Å². The average molecular weight is 402 g/mol. The molecule has 6 nitrogen and oxygen atoms in total. The van der Waals surface area contributed by atoms with E-state index in [1.807, 2.05) is 13.0 Å². The summed E-state index contributed by atoms with van der Waals surface area (Å²) in [4.78, 5) is 38.3. The summed E-state index contributed by atoms with van der Waals surface area (Å²) in [5, 5.41) is 0.557. The van der Waals surface area contributed by atoms with E-state index in [4.69, 9.17) is 21.1 Å². The predicted molar refractivity (Wildman–Crippen MR) is 105 cm³/mol. The van der Waals surface area contributed by atoms with Crippen molar-refractivity contribution in [3.63, 3.8) is 0 Å². The van der Waals surface area contributed by atoms with Crippen LogP contribution in [0.1, 0.15) is 22.3 Å². The SMILES string of the molecule is COc1ccc(C(=O)COC(=O)C2CC(=O)N(c3ccc(C)c(Cl)c3)C2)cc1. The van der Waals surface area contributed by atoms with Crippen LogP contribution >= 0.6 is 11.6 Å². The summed E-state index contributed by atoms with van der Waals surface area (Å²) in [5.74, 6) is -1.03. The van der Waals surface area contributed by atoms with E-state index in [-0.39, 0.29) is 31.3 Å². The van der Waals surface area contributed by atoms with Crippen LogP contribution in [-0.4, -0.2) is 37.9 Å². The van der Waals surface area contributed by atoms with E-state index in [0.717, 1.165) is 5.56 Å². The number of aryl methyl sites for hydroxylation is 1. The highest BCUT2D eigenvalue weighted by Gasteiger charge is 2.36. The van der Waals surface area contributed by atoms with Crippen LogP contribution in [0.2, 0.25) is 5.02 Å². The summed E-state index contributed by atoms with van der Waals surface area (Å²) in [5.41, 5.74) is 1.97. The molecule has 0 aliphatic carbocycles. The van der Waals surface area contributed by atoms with Gasteiger partial charge in [0.15, 0.2) is 12.4 Å². The Kier molecular flexibility index (Phi) is 5.99. The first-order valence-electron chi connectivity index (χ1n) is 8.79. The van der Waals surface area contributed by atoms with Gasteiger partial charge in [0.05, 0.1) is 13.0 Å². The minimum Gasteiger partial charge on any atom is -0.497 e. The highest BCUT2D eigenvalue weighted by atomic mass is 35.5. The summed E-state index contributed by atoms with van der Waals surface area (Å²) >= 11 is 6.13. The molecule has 146 valence electrons. The number of carbonyl (C=O) groups excluding carboxylic acids is 3. The van der Waals surface area contributed by atoms with Crippen molar-refractivity contribution in [2.75, 3.05) is 25.2 Å². The second kappa shape index (κ2) is 8.44. The van der Waals surface area contributed by atoms with Gasteiger partial charge in [0.25, 0.3) is 0 Å². The van der Waals surface area contributed by atoms with E-state index in [1.165, 1.54) is 12.0 Å². The highest BCUT2D eigenvalue weighted by Crippen LogP contribution is 2.29. The van der Waals surface area contributed by atoms with E-state index in [0.29, 0.717) is 22.0 Å². The number of nitrogens with zero attached hydrogens (tertiary/aromatic N) is 1. The number of anilines is 1. The average Bonchev–Trinajstić information content (AvgIpc) is 3.09. The van der Waals surface area contributed by atoms with Gasteiger partial charge in [0, 0.05) is 29.2 Å². The highest BCUT2D eigenvalue weighted by molar-refractivity contribution is 6.31. The molecule has 0 spiro atoms. The van der Waals surface area contributed by atoms with Gasteiger partial charge in [0.1, 0.15) is 5.75 Å². The molecule has 1 unspecified atom stereocenters. The number of amides is 1. The minimum absolute atomic E-state index is 0.0427. The Hall–Kier alpha value is -2.86. The van der Waals surface area contributed by atoms with Crippen LogP contribution in [0.15, 0.2) is 42.5 Å². The number of hydrogen-bond donors (Lipinski definition) is 0. The Balaban J connectivity index is 1.58. The van der Waals surface area contributed by atoms with Crippen LogP contribution in [0.5, 0.6) is 5.75 Å². The Labute approximate surface area is 168 Å². The standard InChI is InChI=1S/C21H20ClNO5/c1-13-3-6-16(10-18(13)22)23-11-15(9-20(23)25)21(26)28-12-19(24)14-4-7-17(27-2)8-5-14/h3-8,10,15H,9,11-12H2,1-2H3. The third kappa shape index (κ3) is 4.34. The number of benzene rings is 2. The van der Waals surface area contributed by atoms with Gasteiger partial charge in [-0.25, -0.2) is 0 Å². The third-order valence-corrected chi connectivity index (χ3v) is 5.09. The molecule has 1 amide bonds. The normalized spacial score (nSPS) is 16.2. The van der Waals surface area contributed by atoms with Crippen molar-refractivity contribution in [2.24, 2.45) is 5.92 Å². The smallest absolute Gasteiger partial charge is 0.311 e. The summed E-state index contributed by atoms with van der Waals surface area (Å²) in [6.07, 6.45) is 0.0427. The van der Waals surface area contributed by atoms with Gasteiger partial charge in [0.2, 0.25) is 5.91 Å². The van der Waals surface area contributed by atoms with Crippen molar-refractivity contribution < 1.29 is 23.9 Å². The lowest BCUT2D eigenvalue weighted by Crippen LogP contribution is -2.27. The van der Waals surface area contributed by atoms with Crippen molar-refractivity contribution in [3.8, 4) is 5.75 Å². The molecule has 1 saturated heterocycles. The van der Waals surface area contributed by atoms with Crippen LogP contribution in [0.4, 0.5) is 5.69 Å². The van der Waals surface area contributed by atoms with Crippen LogP contribution < -0.4 is 9.64 Å². The number of Topliss-reactive ketones (excluding diaryl/α,β-unsaturated/α-hetero) is 1. The molecule has 1 fully saturated rings. The number of ketones is 1. The van der Waals surface area contributed by atoms with E-state index >= 15 is 0 Å². The molecule has 2 aromatic rings. The van der Waals surface area contributed by atoms with E-state index in [2.05, 4.69) is 0 Å².